The minimum Gasteiger partial charge on any atom is -0.333 e. The van der Waals surface area contributed by atoms with E-state index in [1.807, 2.05) is 13.8 Å². The fourth-order valence-electron chi connectivity index (χ4n) is 6.82. The number of rotatable bonds is 6. The summed E-state index contributed by atoms with van der Waals surface area (Å²) >= 11 is 1.17. The first-order valence-corrected chi connectivity index (χ1v) is 15.9. The summed E-state index contributed by atoms with van der Waals surface area (Å²) in [6.07, 6.45) is -5.66. The summed E-state index contributed by atoms with van der Waals surface area (Å²) in [5.74, 6) is -0.588. The number of thioether (sulfide) groups is 1. The van der Waals surface area contributed by atoms with Crippen LogP contribution in [0.1, 0.15) is 31.4 Å². The first-order valence-electron chi connectivity index (χ1n) is 14.9. The van der Waals surface area contributed by atoms with E-state index >= 15 is 0 Å². The molecular formula is C32H32F6N5O2S+. The minimum absolute atomic E-state index is 0.000102. The molecule has 2 aromatic carbocycles. The molecule has 14 heteroatoms. The highest BCUT2D eigenvalue weighted by atomic mass is 32.2. The highest BCUT2D eigenvalue weighted by Gasteiger charge is 2.48. The molecule has 4 aliphatic heterocycles. The Morgan fingerprint density at radius 1 is 1.13 bits per heavy atom. The molecule has 2 atom stereocenters. The van der Waals surface area contributed by atoms with Crippen LogP contribution in [0, 0.1) is 11.7 Å². The Balaban J connectivity index is 1.51. The number of urea groups is 1. The van der Waals surface area contributed by atoms with E-state index in [4.69, 9.17) is 0 Å². The zero-order valence-corrected chi connectivity index (χ0v) is 26.0. The summed E-state index contributed by atoms with van der Waals surface area (Å²) in [4.78, 5) is 36.1. The van der Waals surface area contributed by atoms with Gasteiger partial charge in [0.15, 0.2) is 5.69 Å². The monoisotopic (exact) mass is 664 g/mol. The maximum atomic E-state index is 14.9. The number of piperazine rings is 1. The van der Waals surface area contributed by atoms with Gasteiger partial charge < -0.3 is 9.80 Å². The molecular weight excluding hydrogens is 632 g/mol. The van der Waals surface area contributed by atoms with Crippen LogP contribution in [0.2, 0.25) is 0 Å². The van der Waals surface area contributed by atoms with Crippen molar-refractivity contribution in [2.75, 3.05) is 38.5 Å². The van der Waals surface area contributed by atoms with Crippen molar-refractivity contribution in [1.29, 1.82) is 0 Å². The van der Waals surface area contributed by atoms with Gasteiger partial charge >= 0.3 is 12.2 Å². The highest BCUT2D eigenvalue weighted by Crippen LogP contribution is 2.51. The van der Waals surface area contributed by atoms with Crippen molar-refractivity contribution in [2.45, 2.75) is 49.8 Å². The molecule has 6 rings (SSSR count). The lowest BCUT2D eigenvalue weighted by Gasteiger charge is -2.44. The van der Waals surface area contributed by atoms with Crippen LogP contribution in [0.3, 0.4) is 0 Å². The third kappa shape index (κ3) is 5.85. The van der Waals surface area contributed by atoms with Crippen LogP contribution in [-0.2, 0) is 11.0 Å². The van der Waals surface area contributed by atoms with Crippen LogP contribution in [0.5, 0.6) is 0 Å². The van der Waals surface area contributed by atoms with Crippen molar-refractivity contribution >= 4 is 40.9 Å². The van der Waals surface area contributed by atoms with Crippen molar-refractivity contribution in [3.63, 3.8) is 0 Å². The summed E-state index contributed by atoms with van der Waals surface area (Å²) in [6, 6.07) is 4.39. The van der Waals surface area contributed by atoms with Gasteiger partial charge in [-0.05, 0) is 49.6 Å². The van der Waals surface area contributed by atoms with Crippen LogP contribution >= 0.6 is 11.8 Å². The molecule has 46 heavy (non-hydrogen) atoms. The van der Waals surface area contributed by atoms with Gasteiger partial charge in [0.25, 0.3) is 12.3 Å². The van der Waals surface area contributed by atoms with E-state index in [2.05, 4.69) is 11.6 Å². The van der Waals surface area contributed by atoms with Gasteiger partial charge in [0.05, 0.1) is 28.3 Å². The fraction of sp³-hybridized carbons (Fsp3) is 0.438. The predicted octanol–water partition coefficient (Wildman–Crippen LogP) is 6.28. The number of amidine groups is 1. The van der Waals surface area contributed by atoms with Crippen molar-refractivity contribution in [1.82, 2.24) is 14.7 Å². The first kappa shape index (κ1) is 32.3. The topological polar surface area (TPSA) is 59.2 Å². The Hall–Kier alpha value is -3.65. The van der Waals surface area contributed by atoms with Crippen LogP contribution < -0.4 is 0 Å². The number of amides is 3. The molecule has 0 unspecified atom stereocenters. The van der Waals surface area contributed by atoms with E-state index in [0.717, 1.165) is 18.2 Å². The average molecular weight is 665 g/mol. The number of carbonyl (C=O) groups excluding carboxylic acids is 2. The van der Waals surface area contributed by atoms with E-state index in [0.29, 0.717) is 25.2 Å². The second-order valence-corrected chi connectivity index (χ2v) is 13.1. The molecule has 0 N–H and O–H groups in total. The zero-order valence-electron chi connectivity index (χ0n) is 25.2. The van der Waals surface area contributed by atoms with Crippen molar-refractivity contribution in [3.05, 3.63) is 59.9 Å². The Bertz CT molecular complexity index is 1650. The number of likely N-dealkylation sites (tertiary alicyclic amines) is 1. The zero-order chi connectivity index (χ0) is 33.1. The molecule has 0 spiro atoms. The van der Waals surface area contributed by atoms with Gasteiger partial charge in [0, 0.05) is 55.2 Å². The Kier molecular flexibility index (Phi) is 8.55. The smallest absolute Gasteiger partial charge is 0.333 e. The van der Waals surface area contributed by atoms with Gasteiger partial charge in [-0.15, -0.1) is 11.8 Å². The van der Waals surface area contributed by atoms with Gasteiger partial charge in [-0.3, -0.25) is 9.69 Å². The van der Waals surface area contributed by atoms with E-state index in [1.165, 1.54) is 34.5 Å². The highest BCUT2D eigenvalue weighted by molar-refractivity contribution is 8.00. The molecule has 0 aliphatic carbocycles. The number of nitrogens with zero attached hydrogens (tertiary/aromatic N) is 5. The number of benzene rings is 2. The quantitative estimate of drug-likeness (QED) is 0.207. The van der Waals surface area contributed by atoms with Crippen LogP contribution in [0.25, 0.3) is 11.1 Å². The Labute approximate surface area is 266 Å². The molecule has 3 amide bonds. The van der Waals surface area contributed by atoms with Gasteiger partial charge in [0.1, 0.15) is 11.5 Å². The largest absolute Gasteiger partial charge is 0.546 e. The van der Waals surface area contributed by atoms with Crippen LogP contribution in [-0.4, -0.2) is 99.7 Å². The van der Waals surface area contributed by atoms with Crippen LogP contribution in [0.15, 0.2) is 52.9 Å². The number of hydrogen-bond donors (Lipinski definition) is 0. The van der Waals surface area contributed by atoms with Gasteiger partial charge in [-0.25, -0.2) is 13.2 Å². The molecule has 0 aromatic heterocycles. The average Bonchev–Trinajstić information content (AvgIpc) is 2.98. The molecule has 0 bridgehead atoms. The molecule has 244 valence electrons. The second kappa shape index (κ2) is 12.2. The summed E-state index contributed by atoms with van der Waals surface area (Å²) < 4.78 is 85.6. The maximum absolute atomic E-state index is 14.9. The second-order valence-electron chi connectivity index (χ2n) is 12.2. The molecule has 4 aliphatic rings. The normalized spacial score (nSPS) is 22.2. The maximum Gasteiger partial charge on any atom is 0.546 e. The summed E-state index contributed by atoms with van der Waals surface area (Å²) in [5, 5.41) is 0. The first-order chi connectivity index (χ1) is 21.8. The number of alkyl halides is 5. The lowest BCUT2D eigenvalue weighted by atomic mass is 9.91. The summed E-state index contributed by atoms with van der Waals surface area (Å²) in [5.41, 5.74) is 0.118. The molecule has 7 nitrogen and oxygen atoms in total. The molecule has 2 saturated heterocycles. The van der Waals surface area contributed by atoms with E-state index in [1.54, 1.807) is 14.7 Å². The SMILES string of the molecule is C=CC(=O)N1C[C@H](C)N(C2=NC(=O)[N+]3=C(CC4CN(CC(F)F)C4)CSc4c(-c5ccc(F)cc5)c(C(F)(F)F)cc2c43)C[C@H]1C. The summed E-state index contributed by atoms with van der Waals surface area (Å²) in [7, 11) is 0. The van der Waals surface area contributed by atoms with Crippen molar-refractivity contribution in [3.8, 4) is 11.1 Å². The van der Waals surface area contributed by atoms with Gasteiger partial charge in [0.2, 0.25) is 5.91 Å². The molecule has 4 heterocycles. The third-order valence-electron chi connectivity index (χ3n) is 8.92. The van der Waals surface area contributed by atoms with E-state index < -0.39 is 36.1 Å². The standard InChI is InChI=1S/C32H32F6N5O2S/c1-4-26(44)41-11-18(3)42(12-17(41)2)30-23-10-24(32(36,37)38)27(20-5-7-21(33)8-6-20)29-28(23)43(31(45)39-30)22(16-46-29)9-19-13-40(14-19)15-25(34)35/h4-8,10,17-19,25H,1,9,11-16H2,2-3H3/q+1/t17-,18+/m1/s1. The third-order valence-corrected chi connectivity index (χ3v) is 10.1. The number of halogens is 6. The van der Waals surface area contributed by atoms with E-state index in [9.17, 15) is 35.9 Å². The Morgan fingerprint density at radius 3 is 2.46 bits per heavy atom. The molecule has 2 fully saturated rings. The van der Waals surface area contributed by atoms with Gasteiger partial charge in [-0.1, -0.05) is 18.7 Å². The fourth-order valence-corrected chi connectivity index (χ4v) is 8.08. The van der Waals surface area contributed by atoms with Gasteiger partial charge in [-0.2, -0.15) is 22.5 Å². The lowest BCUT2D eigenvalue weighted by molar-refractivity contribution is -0.337. The van der Waals surface area contributed by atoms with E-state index in [-0.39, 0.29) is 76.4 Å². The number of aliphatic imine (C=N–C) groups is 1. The number of hydrogen-bond acceptors (Lipinski definition) is 5. The predicted molar refractivity (Wildman–Crippen MR) is 163 cm³/mol. The van der Waals surface area contributed by atoms with Crippen molar-refractivity contribution < 1.29 is 40.5 Å². The van der Waals surface area contributed by atoms with Crippen molar-refractivity contribution in [2.24, 2.45) is 10.9 Å². The summed E-state index contributed by atoms with van der Waals surface area (Å²) in [6.45, 7) is 8.14. The molecule has 2 aromatic rings. The molecule has 0 radical (unpaired) electrons. The number of carbonyl (C=O) groups is 2. The molecule has 0 saturated carbocycles. The lowest BCUT2D eigenvalue weighted by Crippen LogP contribution is -2.60. The Morgan fingerprint density at radius 2 is 1.83 bits per heavy atom. The van der Waals surface area contributed by atoms with Crippen LogP contribution in [0.4, 0.5) is 36.8 Å². The minimum atomic E-state index is -4.80.